The number of ether oxygens (including phenoxy) is 1. The second kappa shape index (κ2) is 34.6. The highest BCUT2D eigenvalue weighted by molar-refractivity contribution is 7.99. The molecule has 33 nitrogen and oxygen atoms in total. The Labute approximate surface area is 593 Å². The summed E-state index contributed by atoms with van der Waals surface area (Å²) < 4.78 is 5.54. The summed E-state index contributed by atoms with van der Waals surface area (Å²) in [5, 5.41) is 50.8. The van der Waals surface area contributed by atoms with Gasteiger partial charge in [0.25, 0.3) is 11.8 Å². The Bertz CT molecular complexity index is 3730. The molecule has 34 heteroatoms. The monoisotopic (exact) mass is 1440 g/mol. The maximum absolute atomic E-state index is 15.1. The van der Waals surface area contributed by atoms with Crippen LogP contribution in [-0.4, -0.2) is 213 Å². The minimum Gasteiger partial charge on any atom is -0.445 e. The number of benzene rings is 2. The number of fused-ring (bicyclic) bond motifs is 5. The van der Waals surface area contributed by atoms with Gasteiger partial charge in [0.1, 0.15) is 54.9 Å². The molecule has 0 spiro atoms. The topological polar surface area (TPSA) is 486 Å². The number of hydrogen-bond acceptors (Lipinski definition) is 19. The smallest absolute Gasteiger partial charge is 0.407 e. The van der Waals surface area contributed by atoms with Crippen molar-refractivity contribution in [1.29, 1.82) is 0 Å². The molecule has 0 radical (unpaired) electrons. The molecular formula is C68H93N15O18S. The Balaban J connectivity index is 1.09. The van der Waals surface area contributed by atoms with Gasteiger partial charge < -0.3 is 89.1 Å². The molecular weight excluding hydrogens is 1350 g/mol. The number of carbonyl (C=O) groups excluding carboxylic acids is 15. The number of aliphatic hydroxyl groups is 2. The van der Waals surface area contributed by atoms with Crippen LogP contribution in [0.2, 0.25) is 0 Å². The number of aromatic amines is 1. The fourth-order valence-electron chi connectivity index (χ4n) is 12.5. The largest absolute Gasteiger partial charge is 0.445 e. The molecule has 1 aromatic heterocycles. The van der Waals surface area contributed by atoms with Gasteiger partial charge in [-0.25, -0.2) is 4.79 Å². The normalized spacial score (nSPS) is 23.0. The van der Waals surface area contributed by atoms with E-state index in [2.05, 4.69) is 63.5 Å². The Morgan fingerprint density at radius 1 is 0.745 bits per heavy atom. The van der Waals surface area contributed by atoms with Crippen molar-refractivity contribution in [3.63, 3.8) is 0 Å². The Morgan fingerprint density at radius 2 is 1.39 bits per heavy atom. The summed E-state index contributed by atoms with van der Waals surface area (Å²) in [5.74, 6) is -14.1. The zero-order chi connectivity index (χ0) is 75.2. The number of nitrogens with zero attached hydrogens (tertiary/aromatic N) is 2. The van der Waals surface area contributed by atoms with Crippen LogP contribution in [0.4, 0.5) is 10.5 Å². The minimum absolute atomic E-state index is 0.0683. The standard InChI is InChI=1S/C68H93N15O18S/c1-11-34(4)54-60(95)71-25-49(87)75-45-30-102-63-41(40-14-12-13-15-42(40)78-63)23-43(57(92)70-26-50(88)79-54)76-62(97)55(35(5)47(85)28-84)80-59(94)46-22-39(27-82(46)64(98)44(24-48(69)86)77-58(45)93)74-66(100)101-29-37-16-18-38(19-17-37)73-56(91)36(6)72-61(96)53(33(2)3)81-65(99)68(9,10)31-67(7,8)32-83-51(89)20-21-52(83)90/h12-21,33-36,39,43-47,53-55,78,84-85H,11,22-32H2,1-10H3,(H2,69,86)(H,70,92)(H,71,95)(H,72,96)(H,73,91)(H,74,100)(H,75,87)(H,76,97)(H,77,93)(H,79,88)(H,80,94)(H,81,99)/t34-,35-,36-,39+,43-,44-,45-,46-,47?,53-,54-,55-/m0/s1. The molecule has 0 saturated carbocycles. The lowest BCUT2D eigenvalue weighted by Gasteiger charge is -2.37. The average molecular weight is 1440 g/mol. The summed E-state index contributed by atoms with van der Waals surface area (Å²) in [6, 6.07) is -0.230. The molecule has 1 saturated heterocycles. The first-order valence-corrected chi connectivity index (χ1v) is 34.6. The molecule has 4 aliphatic heterocycles. The molecule has 12 atom stereocenters. The predicted molar refractivity (Wildman–Crippen MR) is 369 cm³/mol. The Kier molecular flexibility index (Phi) is 26.9. The van der Waals surface area contributed by atoms with E-state index in [1.54, 1.807) is 65.8 Å². The van der Waals surface area contributed by atoms with Crippen LogP contribution < -0.4 is 64.2 Å². The van der Waals surface area contributed by atoms with Crippen LogP contribution in [0.5, 0.6) is 0 Å². The maximum atomic E-state index is 15.1. The fraction of sp³-hybridized carbons (Fsp3) is 0.544. The number of anilines is 1. The van der Waals surface area contributed by atoms with Gasteiger partial charge >= 0.3 is 6.09 Å². The number of primary amides is 1. The van der Waals surface area contributed by atoms with E-state index in [-0.39, 0.29) is 37.4 Å². The number of hydrogen-bond donors (Lipinski definition) is 15. The predicted octanol–water partition coefficient (Wildman–Crippen LogP) is -1.76. The van der Waals surface area contributed by atoms with Gasteiger partial charge in [0.05, 0.1) is 43.3 Å². The van der Waals surface area contributed by atoms with Crippen molar-refractivity contribution < 1.29 is 86.9 Å². The van der Waals surface area contributed by atoms with Crippen LogP contribution in [0, 0.1) is 28.6 Å². The zero-order valence-corrected chi connectivity index (χ0v) is 59.4. The van der Waals surface area contributed by atoms with Crippen LogP contribution in [0.15, 0.2) is 65.7 Å². The number of aromatic nitrogens is 1. The lowest BCUT2D eigenvalue weighted by Crippen LogP contribution is -2.62. The van der Waals surface area contributed by atoms with Crippen molar-refractivity contribution in [2.24, 2.45) is 34.3 Å². The number of para-hydroxylation sites is 1. The molecule has 2 bridgehead atoms. The molecule has 0 aliphatic carbocycles. The molecule has 554 valence electrons. The zero-order valence-electron chi connectivity index (χ0n) is 58.6. The quantitative estimate of drug-likeness (QED) is 0.0526. The Hall–Kier alpha value is -9.96. The van der Waals surface area contributed by atoms with Crippen LogP contribution in [0.25, 0.3) is 10.9 Å². The van der Waals surface area contributed by atoms with E-state index in [0.29, 0.717) is 33.5 Å². The molecule has 4 aliphatic rings. The number of nitrogens with two attached hydrogens (primary N) is 1. The Morgan fingerprint density at radius 3 is 2.03 bits per heavy atom. The van der Waals surface area contributed by atoms with Gasteiger partial charge in [-0.3, -0.25) is 72.0 Å². The van der Waals surface area contributed by atoms with Gasteiger partial charge in [0, 0.05) is 65.3 Å². The number of thioether (sulfide) groups is 1. The first kappa shape index (κ1) is 79.4. The van der Waals surface area contributed by atoms with Gasteiger partial charge in [-0.2, -0.15) is 0 Å². The summed E-state index contributed by atoms with van der Waals surface area (Å²) >= 11 is 0.978. The van der Waals surface area contributed by atoms with Crippen LogP contribution >= 0.6 is 11.8 Å². The summed E-state index contributed by atoms with van der Waals surface area (Å²) in [4.78, 5) is 213. The van der Waals surface area contributed by atoms with Crippen molar-refractivity contribution in [3.8, 4) is 0 Å². The van der Waals surface area contributed by atoms with Crippen LogP contribution in [0.1, 0.15) is 106 Å². The molecule has 15 amide bonds. The van der Waals surface area contributed by atoms with E-state index < -0.39 is 217 Å². The van der Waals surface area contributed by atoms with Crippen molar-refractivity contribution >= 4 is 117 Å². The molecule has 7 rings (SSSR count). The maximum Gasteiger partial charge on any atom is 0.407 e. The van der Waals surface area contributed by atoms with Gasteiger partial charge in [0.2, 0.25) is 70.9 Å². The van der Waals surface area contributed by atoms with Gasteiger partial charge in [-0.05, 0) is 66.3 Å². The van der Waals surface area contributed by atoms with E-state index in [1.807, 2.05) is 13.8 Å². The third kappa shape index (κ3) is 20.8. The minimum atomic E-state index is -1.87. The summed E-state index contributed by atoms with van der Waals surface area (Å²) in [5.41, 5.74) is 5.56. The number of nitrogens with one attached hydrogen (secondary N) is 12. The molecule has 5 heterocycles. The van der Waals surface area contributed by atoms with E-state index in [0.717, 1.165) is 21.6 Å². The second-order valence-electron chi connectivity index (χ2n) is 28.0. The molecule has 102 heavy (non-hydrogen) atoms. The average Bonchev–Trinajstić information content (AvgIpc) is 1.61. The molecule has 3 aromatic rings. The summed E-state index contributed by atoms with van der Waals surface area (Å²) in [6.45, 7) is 13.5. The van der Waals surface area contributed by atoms with Crippen LogP contribution in [-0.2, 0) is 84.9 Å². The lowest BCUT2D eigenvalue weighted by molar-refractivity contribution is -0.144. The van der Waals surface area contributed by atoms with Gasteiger partial charge in [-0.1, -0.05) is 99.1 Å². The number of amides is 15. The second-order valence-corrected chi connectivity index (χ2v) is 29.0. The summed E-state index contributed by atoms with van der Waals surface area (Å²) in [6.07, 6.45) is -1.42. The highest BCUT2D eigenvalue weighted by atomic mass is 32.2. The molecule has 16 N–H and O–H groups in total. The molecule has 1 unspecified atom stereocenters. The van der Waals surface area contributed by atoms with Crippen molar-refractivity contribution in [1.82, 2.24) is 68.0 Å². The first-order valence-electron chi connectivity index (χ1n) is 33.6. The van der Waals surface area contributed by atoms with Gasteiger partial charge in [0.15, 0.2) is 0 Å². The number of alkyl carbamates (subject to hydrolysis) is 1. The van der Waals surface area contributed by atoms with E-state index >= 15 is 4.79 Å². The van der Waals surface area contributed by atoms with E-state index in [1.165, 1.54) is 50.3 Å². The first-order chi connectivity index (χ1) is 48.0. The van der Waals surface area contributed by atoms with E-state index in [4.69, 9.17) is 10.5 Å². The number of rotatable bonds is 21. The number of carbonyl (C=O) groups is 15. The summed E-state index contributed by atoms with van der Waals surface area (Å²) in [7, 11) is 0. The van der Waals surface area contributed by atoms with Crippen molar-refractivity contribution in [2.75, 3.05) is 43.9 Å². The van der Waals surface area contributed by atoms with Crippen molar-refractivity contribution in [2.45, 2.75) is 173 Å². The highest BCUT2D eigenvalue weighted by Crippen LogP contribution is 2.36. The molecule has 1 fully saturated rings. The SMILES string of the molecule is CC[C@H](C)[C@@H]1NC(=O)CNC(=O)[C@@H]2Cc3c([nH]c4ccccc34)SC[C@H](NC(=O)CNC1=O)C(=O)N[C@@H](CC(N)=O)C(=O)N1C[C@H](NC(=O)OCc3ccc(NC(=O)[C@H](C)NC(=O)[C@@H](NC(=O)C(C)(C)CC(C)(C)CN4C(=O)C=CC4=O)C(C)C)cc3)C[C@H]1C(=O)N[C@@H]([C@@H](C)C(O)CO)C(=O)N2. The fourth-order valence-corrected chi connectivity index (χ4v) is 13.6. The van der Waals surface area contributed by atoms with Crippen molar-refractivity contribution in [3.05, 3.63) is 71.8 Å². The third-order valence-corrected chi connectivity index (χ3v) is 19.4. The number of imide groups is 1. The highest BCUT2D eigenvalue weighted by Gasteiger charge is 2.47. The van der Waals surface area contributed by atoms with E-state index in [9.17, 15) is 77.3 Å². The lowest BCUT2D eigenvalue weighted by atomic mass is 9.74. The van der Waals surface area contributed by atoms with Crippen LogP contribution in [0.3, 0.4) is 0 Å². The number of H-pyrrole nitrogens is 1. The third-order valence-electron chi connectivity index (χ3n) is 18.2. The van der Waals surface area contributed by atoms with Gasteiger partial charge in [-0.15, -0.1) is 11.8 Å². The number of aliphatic hydroxyl groups excluding tert-OH is 2. The molecule has 2 aromatic carbocycles.